The van der Waals surface area contributed by atoms with Crippen LogP contribution in [0.15, 0.2) is 4.99 Å². The molecule has 1 fully saturated rings. The fraction of sp³-hybridized carbons (Fsp3) is 0.944. The number of nitrogens with zero attached hydrogens (tertiary/aromatic N) is 2. The molecule has 7 heteroatoms. The van der Waals surface area contributed by atoms with Crippen molar-refractivity contribution in [1.29, 1.82) is 0 Å². The lowest BCUT2D eigenvalue weighted by Gasteiger charge is -2.39. The highest BCUT2D eigenvalue weighted by Gasteiger charge is 2.26. The fourth-order valence-electron chi connectivity index (χ4n) is 3.24. The van der Waals surface area contributed by atoms with Gasteiger partial charge < -0.3 is 24.8 Å². The van der Waals surface area contributed by atoms with Crippen molar-refractivity contribution in [2.24, 2.45) is 10.9 Å². The van der Waals surface area contributed by atoms with Gasteiger partial charge in [0.1, 0.15) is 0 Å². The Morgan fingerprint density at radius 2 is 1.84 bits per heavy atom. The second-order valence-electron chi connectivity index (χ2n) is 6.28. The Labute approximate surface area is 153 Å². The van der Waals surface area contributed by atoms with Crippen molar-refractivity contribution in [2.45, 2.75) is 32.7 Å². The molecule has 0 saturated carbocycles. The maximum Gasteiger partial charge on any atom is 0.191 e. The van der Waals surface area contributed by atoms with Crippen LogP contribution in [0.2, 0.25) is 0 Å². The van der Waals surface area contributed by atoms with Crippen LogP contribution in [-0.2, 0) is 14.2 Å². The Bertz CT molecular complexity index is 345. The minimum absolute atomic E-state index is 0.510. The van der Waals surface area contributed by atoms with Crippen LogP contribution in [0.4, 0.5) is 0 Å². The second kappa shape index (κ2) is 14.3. The number of aliphatic imine (C=N–C) groups is 1. The molecule has 0 aromatic heterocycles. The maximum absolute atomic E-state index is 5.52. The predicted octanol–water partition coefficient (Wildman–Crippen LogP) is 0.951. The zero-order chi connectivity index (χ0) is 18.3. The normalized spacial score (nSPS) is 17.7. The standard InChI is InChI=1S/C18H38N4O3/c1-5-16(6-2)17(22-8-11-25-12-9-22)15-21-18(19-3)20-7-10-24-14-13-23-4/h16-17H,5-15H2,1-4H3,(H2,19,20,21). The van der Waals surface area contributed by atoms with Crippen LogP contribution in [0, 0.1) is 5.92 Å². The van der Waals surface area contributed by atoms with Crippen molar-refractivity contribution in [2.75, 3.05) is 73.4 Å². The SMILES string of the molecule is CCC(CC)C(CNC(=NC)NCCOCCOC)N1CCOCC1. The van der Waals surface area contributed by atoms with E-state index in [2.05, 4.69) is 34.4 Å². The molecule has 148 valence electrons. The van der Waals surface area contributed by atoms with Gasteiger partial charge in [0.25, 0.3) is 0 Å². The summed E-state index contributed by atoms with van der Waals surface area (Å²) in [5.41, 5.74) is 0. The van der Waals surface area contributed by atoms with E-state index >= 15 is 0 Å². The summed E-state index contributed by atoms with van der Waals surface area (Å²) < 4.78 is 15.9. The number of nitrogens with one attached hydrogen (secondary N) is 2. The largest absolute Gasteiger partial charge is 0.382 e. The highest BCUT2D eigenvalue weighted by molar-refractivity contribution is 5.79. The highest BCUT2D eigenvalue weighted by atomic mass is 16.5. The van der Waals surface area contributed by atoms with E-state index in [4.69, 9.17) is 14.2 Å². The summed E-state index contributed by atoms with van der Waals surface area (Å²) in [6, 6.07) is 0.510. The Kier molecular flexibility index (Phi) is 12.7. The summed E-state index contributed by atoms with van der Waals surface area (Å²) in [5.74, 6) is 1.51. The molecule has 0 spiro atoms. The molecule has 1 aliphatic heterocycles. The number of rotatable bonds is 12. The number of hydrogen-bond acceptors (Lipinski definition) is 5. The van der Waals surface area contributed by atoms with Crippen LogP contribution in [0.3, 0.4) is 0 Å². The summed E-state index contributed by atoms with van der Waals surface area (Å²) in [6.07, 6.45) is 2.39. The first-order valence-corrected chi connectivity index (χ1v) is 9.59. The molecule has 0 amide bonds. The van der Waals surface area contributed by atoms with E-state index < -0.39 is 0 Å². The van der Waals surface area contributed by atoms with E-state index in [1.54, 1.807) is 7.11 Å². The molecule has 1 saturated heterocycles. The van der Waals surface area contributed by atoms with E-state index in [0.29, 0.717) is 31.8 Å². The van der Waals surface area contributed by atoms with Gasteiger partial charge in [-0.2, -0.15) is 0 Å². The molecule has 7 nitrogen and oxygen atoms in total. The zero-order valence-corrected chi connectivity index (χ0v) is 16.6. The molecular weight excluding hydrogens is 320 g/mol. The molecule has 0 aliphatic carbocycles. The van der Waals surface area contributed by atoms with Crippen LogP contribution in [0.1, 0.15) is 26.7 Å². The lowest BCUT2D eigenvalue weighted by molar-refractivity contribution is 0.00271. The molecule has 1 unspecified atom stereocenters. The third kappa shape index (κ3) is 8.85. The van der Waals surface area contributed by atoms with Crippen molar-refractivity contribution in [3.05, 3.63) is 0 Å². The molecule has 1 aliphatic rings. The summed E-state index contributed by atoms with van der Waals surface area (Å²) in [5, 5.41) is 6.80. The van der Waals surface area contributed by atoms with Gasteiger partial charge in [0, 0.05) is 46.4 Å². The van der Waals surface area contributed by atoms with Crippen molar-refractivity contribution in [3.63, 3.8) is 0 Å². The Morgan fingerprint density at radius 3 is 2.44 bits per heavy atom. The summed E-state index contributed by atoms with van der Waals surface area (Å²) in [4.78, 5) is 6.89. The summed E-state index contributed by atoms with van der Waals surface area (Å²) >= 11 is 0. The smallest absolute Gasteiger partial charge is 0.191 e. The predicted molar refractivity (Wildman–Crippen MR) is 102 cm³/mol. The number of ether oxygens (including phenoxy) is 3. The van der Waals surface area contributed by atoms with Gasteiger partial charge in [0.05, 0.1) is 33.0 Å². The van der Waals surface area contributed by atoms with Gasteiger partial charge in [0.15, 0.2) is 5.96 Å². The Hall–Kier alpha value is -0.890. The minimum Gasteiger partial charge on any atom is -0.382 e. The van der Waals surface area contributed by atoms with Gasteiger partial charge in [0.2, 0.25) is 0 Å². The van der Waals surface area contributed by atoms with E-state index in [0.717, 1.165) is 45.4 Å². The molecule has 25 heavy (non-hydrogen) atoms. The molecule has 1 rings (SSSR count). The molecule has 0 radical (unpaired) electrons. The lowest BCUT2D eigenvalue weighted by Crippen LogP contribution is -2.53. The quantitative estimate of drug-likeness (QED) is 0.308. The van der Waals surface area contributed by atoms with Gasteiger partial charge in [-0.15, -0.1) is 0 Å². The van der Waals surface area contributed by atoms with E-state index in [1.165, 1.54) is 12.8 Å². The molecule has 0 bridgehead atoms. The number of morpholine rings is 1. The first-order chi connectivity index (χ1) is 12.3. The summed E-state index contributed by atoms with van der Waals surface area (Å²) in [7, 11) is 3.49. The lowest BCUT2D eigenvalue weighted by atomic mass is 9.92. The van der Waals surface area contributed by atoms with Crippen molar-refractivity contribution >= 4 is 5.96 Å². The van der Waals surface area contributed by atoms with Gasteiger partial charge in [-0.05, 0) is 5.92 Å². The van der Waals surface area contributed by atoms with Gasteiger partial charge in [-0.3, -0.25) is 9.89 Å². The van der Waals surface area contributed by atoms with Gasteiger partial charge in [-0.1, -0.05) is 26.7 Å². The first-order valence-electron chi connectivity index (χ1n) is 9.59. The van der Waals surface area contributed by atoms with Crippen molar-refractivity contribution in [1.82, 2.24) is 15.5 Å². The summed E-state index contributed by atoms with van der Waals surface area (Å²) in [6.45, 7) is 11.8. The third-order valence-electron chi connectivity index (χ3n) is 4.78. The maximum atomic E-state index is 5.52. The van der Waals surface area contributed by atoms with E-state index in [9.17, 15) is 0 Å². The molecular formula is C18H38N4O3. The van der Waals surface area contributed by atoms with Crippen LogP contribution in [-0.4, -0.2) is 90.3 Å². The van der Waals surface area contributed by atoms with Gasteiger partial charge in [-0.25, -0.2) is 0 Å². The minimum atomic E-state index is 0.510. The second-order valence-corrected chi connectivity index (χ2v) is 6.28. The Balaban J connectivity index is 2.41. The monoisotopic (exact) mass is 358 g/mol. The van der Waals surface area contributed by atoms with E-state index in [-0.39, 0.29) is 0 Å². The van der Waals surface area contributed by atoms with Gasteiger partial charge >= 0.3 is 0 Å². The number of guanidine groups is 1. The molecule has 0 aromatic carbocycles. The number of hydrogen-bond donors (Lipinski definition) is 2. The molecule has 1 atom stereocenters. The average Bonchev–Trinajstić information content (AvgIpc) is 2.66. The number of methoxy groups -OCH3 is 1. The third-order valence-corrected chi connectivity index (χ3v) is 4.78. The van der Waals surface area contributed by atoms with Crippen molar-refractivity contribution < 1.29 is 14.2 Å². The van der Waals surface area contributed by atoms with Crippen LogP contribution in [0.25, 0.3) is 0 Å². The fourth-order valence-corrected chi connectivity index (χ4v) is 3.24. The first kappa shape index (κ1) is 22.2. The van der Waals surface area contributed by atoms with E-state index in [1.807, 2.05) is 7.05 Å². The van der Waals surface area contributed by atoms with Crippen LogP contribution in [0.5, 0.6) is 0 Å². The van der Waals surface area contributed by atoms with Crippen LogP contribution < -0.4 is 10.6 Å². The molecule has 1 heterocycles. The van der Waals surface area contributed by atoms with Crippen molar-refractivity contribution in [3.8, 4) is 0 Å². The Morgan fingerprint density at radius 1 is 1.12 bits per heavy atom. The average molecular weight is 359 g/mol. The topological polar surface area (TPSA) is 67.4 Å². The highest BCUT2D eigenvalue weighted by Crippen LogP contribution is 2.19. The van der Waals surface area contributed by atoms with Crippen LogP contribution >= 0.6 is 0 Å². The zero-order valence-electron chi connectivity index (χ0n) is 16.6. The molecule has 0 aromatic rings. The molecule has 2 N–H and O–H groups in total.